The molecule has 1 rings (SSSR count). The van der Waals surface area contributed by atoms with E-state index in [0.717, 1.165) is 61.2 Å². The van der Waals surface area contributed by atoms with Gasteiger partial charge in [-0.05, 0) is 44.6 Å². The van der Waals surface area contributed by atoms with Crippen molar-refractivity contribution in [2.75, 3.05) is 13.2 Å². The number of aliphatic carboxylic acids is 1. The van der Waals surface area contributed by atoms with Crippen molar-refractivity contribution in [2.45, 2.75) is 46.0 Å². The van der Waals surface area contributed by atoms with Crippen LogP contribution in [0.4, 0.5) is 0 Å². The first kappa shape index (κ1) is 21.8. The van der Waals surface area contributed by atoms with Gasteiger partial charge in [0.05, 0.1) is 12.5 Å². The molecule has 5 heteroatoms. The predicted octanol–water partition coefficient (Wildman–Crippen LogP) is 3.41. The number of carboxylic acids is 1. The quantitative estimate of drug-likeness (QED) is 0.373. The van der Waals surface area contributed by atoms with E-state index in [9.17, 15) is 4.79 Å². The predicted molar refractivity (Wildman–Crippen MR) is 106 cm³/mol. The highest BCUT2D eigenvalue weighted by molar-refractivity contribution is 5.72. The molecule has 144 valence electrons. The average Bonchev–Trinajstić information content (AvgIpc) is 2.68. The minimum Gasteiger partial charge on any atom is -0.481 e. The summed E-state index contributed by atoms with van der Waals surface area (Å²) in [6.07, 6.45) is 16.2. The molecule has 0 spiro atoms. The van der Waals surface area contributed by atoms with Crippen LogP contribution in [0.1, 0.15) is 46.0 Å². The van der Waals surface area contributed by atoms with E-state index in [-0.39, 0.29) is 0 Å². The van der Waals surface area contributed by atoms with Crippen molar-refractivity contribution in [1.82, 2.24) is 5.32 Å². The average molecular weight is 360 g/mol. The van der Waals surface area contributed by atoms with Crippen molar-refractivity contribution in [3.05, 3.63) is 59.0 Å². The lowest BCUT2D eigenvalue weighted by Gasteiger charge is -2.14. The number of aliphatic hydroxyl groups excluding tert-OH is 1. The van der Waals surface area contributed by atoms with Gasteiger partial charge >= 0.3 is 5.97 Å². The Morgan fingerprint density at radius 1 is 1.42 bits per heavy atom. The van der Waals surface area contributed by atoms with Gasteiger partial charge in [0.2, 0.25) is 0 Å². The maximum Gasteiger partial charge on any atom is 0.312 e. The molecule has 0 saturated heterocycles. The number of carboxylic acid groups (broad SMARTS) is 1. The van der Waals surface area contributed by atoms with Gasteiger partial charge in [-0.2, -0.15) is 0 Å². The van der Waals surface area contributed by atoms with E-state index in [1.807, 2.05) is 13.8 Å². The summed E-state index contributed by atoms with van der Waals surface area (Å²) in [6, 6.07) is 0. The van der Waals surface area contributed by atoms with E-state index in [2.05, 4.69) is 29.6 Å². The third-order valence-corrected chi connectivity index (χ3v) is 4.34. The summed E-state index contributed by atoms with van der Waals surface area (Å²) < 4.78 is 0. The molecule has 5 nitrogen and oxygen atoms in total. The smallest absolute Gasteiger partial charge is 0.312 e. The van der Waals surface area contributed by atoms with Gasteiger partial charge in [-0.3, -0.25) is 4.79 Å². The first-order chi connectivity index (χ1) is 12.5. The van der Waals surface area contributed by atoms with E-state index in [0.29, 0.717) is 0 Å². The van der Waals surface area contributed by atoms with Gasteiger partial charge in [-0.25, -0.2) is 0 Å². The zero-order valence-electron chi connectivity index (χ0n) is 15.9. The van der Waals surface area contributed by atoms with Gasteiger partial charge in [0.25, 0.3) is 0 Å². The molecule has 0 saturated carbocycles. The molecular weight excluding hydrogens is 328 g/mol. The van der Waals surface area contributed by atoms with Crippen molar-refractivity contribution in [3.8, 4) is 0 Å². The van der Waals surface area contributed by atoms with Crippen LogP contribution in [-0.4, -0.2) is 29.3 Å². The zero-order valence-corrected chi connectivity index (χ0v) is 15.9. The number of nitrogens with one attached hydrogen (secondary N) is 1. The fraction of sp³-hybridized carbons (Fsp3) is 0.476. The summed E-state index contributed by atoms with van der Waals surface area (Å²) >= 11 is 0. The molecule has 1 aliphatic carbocycles. The molecule has 0 radical (unpaired) electrons. The molecule has 0 bridgehead atoms. The molecule has 0 aromatic carbocycles. The Bertz CT molecular complexity index is 613. The summed E-state index contributed by atoms with van der Waals surface area (Å²) in [5, 5.41) is 21.6. The maximum atomic E-state index is 11.0. The highest BCUT2D eigenvalue weighted by Crippen LogP contribution is 2.17. The topological polar surface area (TPSA) is 95.6 Å². The number of rotatable bonds is 9. The number of allylic oxidation sites excluding steroid dienone is 7. The van der Waals surface area contributed by atoms with Crippen LogP contribution in [0.2, 0.25) is 0 Å². The lowest BCUT2D eigenvalue weighted by Crippen LogP contribution is -2.18. The highest BCUT2D eigenvalue weighted by atomic mass is 16.4. The van der Waals surface area contributed by atoms with Crippen LogP contribution in [0.15, 0.2) is 59.0 Å². The van der Waals surface area contributed by atoms with Gasteiger partial charge in [0, 0.05) is 17.9 Å². The summed E-state index contributed by atoms with van der Waals surface area (Å²) in [4.78, 5) is 11.0. The van der Waals surface area contributed by atoms with Crippen LogP contribution < -0.4 is 11.1 Å². The van der Waals surface area contributed by atoms with Gasteiger partial charge in [0.15, 0.2) is 0 Å². The molecule has 0 amide bonds. The summed E-state index contributed by atoms with van der Waals surface area (Å²) in [7, 11) is 0. The molecule has 0 fully saturated rings. The van der Waals surface area contributed by atoms with Crippen LogP contribution >= 0.6 is 0 Å². The number of aliphatic hydroxyl groups is 1. The van der Waals surface area contributed by atoms with E-state index < -0.39 is 18.5 Å². The lowest BCUT2D eigenvalue weighted by molar-refractivity contribution is -0.141. The molecule has 0 aliphatic heterocycles. The lowest BCUT2D eigenvalue weighted by atomic mass is 10.1. The zero-order chi connectivity index (χ0) is 19.4. The van der Waals surface area contributed by atoms with E-state index in [1.165, 1.54) is 0 Å². The molecule has 1 atom stereocenters. The van der Waals surface area contributed by atoms with Gasteiger partial charge < -0.3 is 21.3 Å². The summed E-state index contributed by atoms with van der Waals surface area (Å²) in [5.41, 5.74) is 10.3. The Morgan fingerprint density at radius 3 is 2.85 bits per heavy atom. The standard InChI is InChI=1S/C21H32N2O3/c1-3-8-17(11-12-18(15-24)21(25)26)13-14-23-20-10-7-5-4-6-9-19(22)16(20)2/h4-5,8,10-12,18,23-24H,3,6-7,9,13-15,22H2,1-2H3,(H,25,26)/b5-4-,12-11-,17-8+,19-16+,20-10?. The third-order valence-electron chi connectivity index (χ3n) is 4.34. The minimum atomic E-state index is -1.02. The Hall–Kier alpha value is -2.27. The van der Waals surface area contributed by atoms with Crippen molar-refractivity contribution >= 4 is 5.97 Å². The number of carbonyl (C=O) groups is 1. The van der Waals surface area contributed by atoms with Crippen molar-refractivity contribution in [3.63, 3.8) is 0 Å². The van der Waals surface area contributed by atoms with Crippen molar-refractivity contribution in [2.24, 2.45) is 11.7 Å². The highest BCUT2D eigenvalue weighted by Gasteiger charge is 2.12. The third kappa shape index (κ3) is 7.74. The van der Waals surface area contributed by atoms with Gasteiger partial charge in [-0.1, -0.05) is 49.0 Å². The van der Waals surface area contributed by atoms with Crippen LogP contribution in [0.3, 0.4) is 0 Å². The van der Waals surface area contributed by atoms with Crippen LogP contribution in [-0.2, 0) is 4.79 Å². The van der Waals surface area contributed by atoms with Crippen LogP contribution in [0.25, 0.3) is 0 Å². The Balaban J connectivity index is 2.71. The SMILES string of the molecule is CC/C=C(\C=C/C(CO)C(=O)O)CCNC1=CC/C=C\CC/C(N)=C\1C. The molecule has 0 heterocycles. The molecule has 1 unspecified atom stereocenters. The minimum absolute atomic E-state index is 0.396. The van der Waals surface area contributed by atoms with Gasteiger partial charge in [0.1, 0.15) is 0 Å². The first-order valence-electron chi connectivity index (χ1n) is 9.25. The number of nitrogens with two attached hydrogens (primary N) is 1. The second-order valence-electron chi connectivity index (χ2n) is 6.36. The second-order valence-corrected chi connectivity index (χ2v) is 6.36. The number of hydrogen-bond acceptors (Lipinski definition) is 4. The van der Waals surface area contributed by atoms with Crippen molar-refractivity contribution < 1.29 is 15.0 Å². The van der Waals surface area contributed by atoms with Crippen LogP contribution in [0, 0.1) is 5.92 Å². The fourth-order valence-corrected chi connectivity index (χ4v) is 2.68. The summed E-state index contributed by atoms with van der Waals surface area (Å²) in [5.74, 6) is -1.88. The monoisotopic (exact) mass is 360 g/mol. The van der Waals surface area contributed by atoms with Gasteiger partial charge in [-0.15, -0.1) is 0 Å². The van der Waals surface area contributed by atoms with E-state index in [1.54, 1.807) is 12.2 Å². The number of hydrogen-bond donors (Lipinski definition) is 4. The van der Waals surface area contributed by atoms with E-state index >= 15 is 0 Å². The summed E-state index contributed by atoms with van der Waals surface area (Å²) in [6.45, 7) is 4.42. The largest absolute Gasteiger partial charge is 0.481 e. The van der Waals surface area contributed by atoms with Crippen molar-refractivity contribution in [1.29, 1.82) is 0 Å². The van der Waals surface area contributed by atoms with E-state index in [4.69, 9.17) is 15.9 Å². The molecule has 0 aromatic rings. The Labute approximate surface area is 156 Å². The normalized spacial score (nSPS) is 21.5. The Kier molecular flexibility index (Phi) is 10.2. The fourth-order valence-electron chi connectivity index (χ4n) is 2.68. The second kappa shape index (κ2) is 12.1. The first-order valence-corrected chi connectivity index (χ1v) is 9.25. The van der Waals surface area contributed by atoms with Crippen LogP contribution in [0.5, 0.6) is 0 Å². The molecule has 1 aliphatic rings. The molecule has 0 aromatic heterocycles. The molecule has 26 heavy (non-hydrogen) atoms. The Morgan fingerprint density at radius 2 is 2.19 bits per heavy atom. The maximum absolute atomic E-state index is 11.0. The molecular formula is C21H32N2O3. The molecule has 5 N–H and O–H groups in total.